The zero-order valence-electron chi connectivity index (χ0n) is 9.47. The predicted molar refractivity (Wildman–Crippen MR) is 56.7 cm³/mol. The van der Waals surface area contributed by atoms with Gasteiger partial charge in [0.05, 0.1) is 0 Å². The average molecular weight is 185 g/mol. The fourth-order valence-corrected chi connectivity index (χ4v) is 1.73. The number of rotatable bonds is 1. The average Bonchev–Trinajstić information content (AvgIpc) is 2.21. The fourth-order valence-electron chi connectivity index (χ4n) is 1.73. The van der Waals surface area contributed by atoms with Crippen LogP contribution in [0.5, 0.6) is 0 Å². The topological polar surface area (TPSA) is 20.3 Å². The summed E-state index contributed by atoms with van der Waals surface area (Å²) in [6.07, 6.45) is 6.35. The number of nitrogens with zero attached hydrogens (tertiary/aromatic N) is 1. The highest BCUT2D eigenvalue weighted by atomic mass is 16.2. The molecule has 1 fully saturated rings. The van der Waals surface area contributed by atoms with E-state index in [1.807, 2.05) is 25.8 Å². The fraction of sp³-hybridized carbons (Fsp3) is 0.909. The van der Waals surface area contributed by atoms with Gasteiger partial charge in [0.15, 0.2) is 0 Å². The zero-order valence-corrected chi connectivity index (χ0v) is 9.47. The molecule has 0 saturated heterocycles. The Kier molecular flexibility index (Phi) is 6.65. The third-order valence-electron chi connectivity index (χ3n) is 2.62. The van der Waals surface area contributed by atoms with Gasteiger partial charge in [-0.05, 0) is 12.8 Å². The lowest BCUT2D eigenvalue weighted by Crippen LogP contribution is -2.36. The normalized spacial score (nSPS) is 17.2. The van der Waals surface area contributed by atoms with Gasteiger partial charge in [-0.25, -0.2) is 0 Å². The summed E-state index contributed by atoms with van der Waals surface area (Å²) in [5, 5.41) is 0. The summed E-state index contributed by atoms with van der Waals surface area (Å²) in [6.45, 7) is 5.65. The van der Waals surface area contributed by atoms with Crippen LogP contribution in [0.15, 0.2) is 0 Å². The first-order valence-corrected chi connectivity index (χ1v) is 5.45. The molecule has 0 spiro atoms. The maximum absolute atomic E-state index is 11.0. The summed E-state index contributed by atoms with van der Waals surface area (Å²) in [6, 6.07) is 0.529. The quantitative estimate of drug-likeness (QED) is 0.615. The molecule has 2 heteroatoms. The third kappa shape index (κ3) is 4.30. The molecule has 0 radical (unpaired) electrons. The number of amides is 1. The summed E-state index contributed by atoms with van der Waals surface area (Å²) >= 11 is 0. The second kappa shape index (κ2) is 6.93. The molecule has 0 unspecified atom stereocenters. The summed E-state index contributed by atoms with van der Waals surface area (Å²) in [5.74, 6) is 0.205. The number of hydrogen-bond acceptors (Lipinski definition) is 1. The van der Waals surface area contributed by atoms with Gasteiger partial charge in [-0.15, -0.1) is 0 Å². The third-order valence-corrected chi connectivity index (χ3v) is 2.62. The van der Waals surface area contributed by atoms with Gasteiger partial charge in [0.1, 0.15) is 0 Å². The Morgan fingerprint density at radius 3 is 2.00 bits per heavy atom. The minimum Gasteiger partial charge on any atom is -0.343 e. The molecule has 1 aliphatic carbocycles. The molecule has 0 aromatic carbocycles. The van der Waals surface area contributed by atoms with Crippen LogP contribution in [-0.2, 0) is 4.79 Å². The van der Waals surface area contributed by atoms with Crippen molar-refractivity contribution in [3.05, 3.63) is 0 Å². The Labute approximate surface area is 82.3 Å². The van der Waals surface area contributed by atoms with Crippen molar-refractivity contribution in [3.8, 4) is 0 Å². The van der Waals surface area contributed by atoms with Gasteiger partial charge in [-0.1, -0.05) is 33.1 Å². The molecule has 13 heavy (non-hydrogen) atoms. The molecular weight excluding hydrogens is 162 g/mol. The van der Waals surface area contributed by atoms with E-state index in [0.717, 1.165) is 0 Å². The molecule has 0 atom stereocenters. The summed E-state index contributed by atoms with van der Waals surface area (Å²) in [7, 11) is 1.92. The molecule has 0 aliphatic heterocycles. The monoisotopic (exact) mass is 185 g/mol. The summed E-state index contributed by atoms with van der Waals surface area (Å²) < 4.78 is 0. The highest BCUT2D eigenvalue weighted by Gasteiger charge is 2.18. The zero-order chi connectivity index (χ0) is 10.3. The first kappa shape index (κ1) is 12.5. The number of carbonyl (C=O) groups excluding carboxylic acids is 1. The molecule has 0 N–H and O–H groups in total. The Bertz CT molecular complexity index is 139. The SMILES string of the molecule is CC.CC(=O)N(C)C1CCCCC1. The van der Waals surface area contributed by atoms with Crippen molar-refractivity contribution in [2.75, 3.05) is 7.05 Å². The maximum atomic E-state index is 11.0. The number of hydrogen-bond donors (Lipinski definition) is 0. The van der Waals surface area contributed by atoms with E-state index in [2.05, 4.69) is 0 Å². The predicted octanol–water partition coefficient (Wildman–Crippen LogP) is 2.82. The van der Waals surface area contributed by atoms with E-state index < -0.39 is 0 Å². The number of carbonyl (C=O) groups is 1. The van der Waals surface area contributed by atoms with E-state index in [1.54, 1.807) is 6.92 Å². The van der Waals surface area contributed by atoms with Crippen molar-refractivity contribution in [2.45, 2.75) is 58.9 Å². The van der Waals surface area contributed by atoms with Crippen molar-refractivity contribution >= 4 is 5.91 Å². The molecule has 2 nitrogen and oxygen atoms in total. The smallest absolute Gasteiger partial charge is 0.219 e. The Balaban J connectivity index is 0.000000671. The molecular formula is C11H23NO. The van der Waals surface area contributed by atoms with Gasteiger partial charge in [0.25, 0.3) is 0 Å². The van der Waals surface area contributed by atoms with E-state index in [0.29, 0.717) is 6.04 Å². The summed E-state index contributed by atoms with van der Waals surface area (Å²) in [5.41, 5.74) is 0. The molecule has 0 aromatic heterocycles. The molecule has 1 rings (SSSR count). The molecule has 0 aromatic rings. The van der Waals surface area contributed by atoms with Crippen LogP contribution in [0.2, 0.25) is 0 Å². The highest BCUT2D eigenvalue weighted by molar-refractivity contribution is 5.73. The molecule has 1 amide bonds. The van der Waals surface area contributed by atoms with Crippen molar-refractivity contribution < 1.29 is 4.79 Å². The van der Waals surface area contributed by atoms with Crippen LogP contribution in [0.1, 0.15) is 52.9 Å². The van der Waals surface area contributed by atoms with Crippen LogP contribution in [0.25, 0.3) is 0 Å². The van der Waals surface area contributed by atoms with Crippen LogP contribution in [0.3, 0.4) is 0 Å². The Morgan fingerprint density at radius 1 is 1.15 bits per heavy atom. The minimum atomic E-state index is 0.205. The Morgan fingerprint density at radius 2 is 1.62 bits per heavy atom. The van der Waals surface area contributed by atoms with Crippen molar-refractivity contribution in [3.63, 3.8) is 0 Å². The van der Waals surface area contributed by atoms with Gasteiger partial charge < -0.3 is 4.90 Å². The van der Waals surface area contributed by atoms with E-state index >= 15 is 0 Å². The minimum absolute atomic E-state index is 0.205. The van der Waals surface area contributed by atoms with Crippen molar-refractivity contribution in [1.29, 1.82) is 0 Å². The lowest BCUT2D eigenvalue weighted by Gasteiger charge is -2.30. The van der Waals surface area contributed by atoms with Crippen LogP contribution in [0, 0.1) is 0 Å². The summed E-state index contributed by atoms with van der Waals surface area (Å²) in [4.78, 5) is 12.9. The second-order valence-electron chi connectivity index (χ2n) is 3.42. The van der Waals surface area contributed by atoms with E-state index in [1.165, 1.54) is 32.1 Å². The van der Waals surface area contributed by atoms with E-state index in [-0.39, 0.29) is 5.91 Å². The molecule has 78 valence electrons. The molecule has 1 aliphatic rings. The van der Waals surface area contributed by atoms with Crippen LogP contribution < -0.4 is 0 Å². The molecule has 0 bridgehead atoms. The molecule has 0 heterocycles. The lowest BCUT2D eigenvalue weighted by molar-refractivity contribution is -0.130. The van der Waals surface area contributed by atoms with Gasteiger partial charge in [0.2, 0.25) is 5.91 Å². The first-order chi connectivity index (χ1) is 6.22. The highest BCUT2D eigenvalue weighted by Crippen LogP contribution is 2.21. The van der Waals surface area contributed by atoms with Gasteiger partial charge in [0, 0.05) is 20.0 Å². The first-order valence-electron chi connectivity index (χ1n) is 5.45. The van der Waals surface area contributed by atoms with E-state index in [9.17, 15) is 4.79 Å². The maximum Gasteiger partial charge on any atom is 0.219 e. The second-order valence-corrected chi connectivity index (χ2v) is 3.42. The Hall–Kier alpha value is -0.530. The lowest BCUT2D eigenvalue weighted by atomic mass is 9.94. The van der Waals surface area contributed by atoms with Crippen molar-refractivity contribution in [2.24, 2.45) is 0 Å². The van der Waals surface area contributed by atoms with Crippen LogP contribution >= 0.6 is 0 Å². The standard InChI is InChI=1S/C9H17NO.C2H6/c1-8(11)10(2)9-6-4-3-5-7-9;1-2/h9H,3-7H2,1-2H3;1-2H3. The van der Waals surface area contributed by atoms with Crippen LogP contribution in [0.4, 0.5) is 0 Å². The van der Waals surface area contributed by atoms with Gasteiger partial charge in [-0.2, -0.15) is 0 Å². The van der Waals surface area contributed by atoms with E-state index in [4.69, 9.17) is 0 Å². The molecule has 1 saturated carbocycles. The van der Waals surface area contributed by atoms with Gasteiger partial charge >= 0.3 is 0 Å². The van der Waals surface area contributed by atoms with Crippen LogP contribution in [-0.4, -0.2) is 23.9 Å². The van der Waals surface area contributed by atoms with Gasteiger partial charge in [-0.3, -0.25) is 4.79 Å². The van der Waals surface area contributed by atoms with Crippen molar-refractivity contribution in [1.82, 2.24) is 4.90 Å². The largest absolute Gasteiger partial charge is 0.343 e.